The Morgan fingerprint density at radius 1 is 1.00 bits per heavy atom. The standard InChI is InChI=1S/C22H23NO6/c1-2-10-28-13-17(14-29-12-15-6-4-3-5-7-15)23-20(24)18-9-8-16(22(26)27)11-19(18)21(23)25/h3-9,11,17H,2,10,12-14H2,1H3,(H,26,27). The van der Waals surface area contributed by atoms with Crippen molar-refractivity contribution in [3.05, 3.63) is 70.8 Å². The lowest BCUT2D eigenvalue weighted by atomic mass is 10.1. The van der Waals surface area contributed by atoms with Gasteiger partial charge in [-0.2, -0.15) is 0 Å². The summed E-state index contributed by atoms with van der Waals surface area (Å²) >= 11 is 0. The number of carboxylic acid groups (broad SMARTS) is 1. The minimum atomic E-state index is -1.15. The number of ether oxygens (including phenoxy) is 2. The van der Waals surface area contributed by atoms with Crippen LogP contribution >= 0.6 is 0 Å². The maximum Gasteiger partial charge on any atom is 0.335 e. The van der Waals surface area contributed by atoms with Gasteiger partial charge in [-0.1, -0.05) is 37.3 Å². The number of rotatable bonds is 10. The molecule has 0 saturated carbocycles. The number of carbonyl (C=O) groups excluding carboxylic acids is 2. The van der Waals surface area contributed by atoms with E-state index in [1.165, 1.54) is 18.2 Å². The highest BCUT2D eigenvalue weighted by Crippen LogP contribution is 2.26. The Labute approximate surface area is 168 Å². The fourth-order valence-electron chi connectivity index (χ4n) is 3.17. The lowest BCUT2D eigenvalue weighted by molar-refractivity contribution is 0.00674. The van der Waals surface area contributed by atoms with Crippen molar-refractivity contribution in [1.82, 2.24) is 4.90 Å². The van der Waals surface area contributed by atoms with Crippen molar-refractivity contribution >= 4 is 17.8 Å². The van der Waals surface area contributed by atoms with Gasteiger partial charge in [-0.05, 0) is 30.2 Å². The summed E-state index contributed by atoms with van der Waals surface area (Å²) in [6.45, 7) is 3.09. The molecule has 0 radical (unpaired) electrons. The van der Waals surface area contributed by atoms with Crippen LogP contribution in [0.2, 0.25) is 0 Å². The summed E-state index contributed by atoms with van der Waals surface area (Å²) in [7, 11) is 0. The van der Waals surface area contributed by atoms with E-state index in [9.17, 15) is 14.4 Å². The Bertz CT molecular complexity index is 895. The number of hydrogen-bond donors (Lipinski definition) is 1. The molecule has 0 bridgehead atoms. The molecule has 0 aromatic heterocycles. The predicted molar refractivity (Wildman–Crippen MR) is 105 cm³/mol. The number of carboxylic acids is 1. The van der Waals surface area contributed by atoms with Crippen LogP contribution in [0.15, 0.2) is 48.5 Å². The van der Waals surface area contributed by atoms with E-state index in [0.29, 0.717) is 13.2 Å². The zero-order chi connectivity index (χ0) is 20.8. The van der Waals surface area contributed by atoms with Crippen LogP contribution in [0.1, 0.15) is 50.0 Å². The van der Waals surface area contributed by atoms with Crippen LogP contribution < -0.4 is 0 Å². The van der Waals surface area contributed by atoms with Crippen LogP contribution in [0.25, 0.3) is 0 Å². The molecule has 7 heteroatoms. The van der Waals surface area contributed by atoms with E-state index >= 15 is 0 Å². The lowest BCUT2D eigenvalue weighted by Gasteiger charge is -2.26. The Kier molecular flexibility index (Phi) is 6.74. The highest BCUT2D eigenvalue weighted by molar-refractivity contribution is 6.22. The van der Waals surface area contributed by atoms with E-state index in [-0.39, 0.29) is 29.9 Å². The number of hydrogen-bond acceptors (Lipinski definition) is 5. The topological polar surface area (TPSA) is 93.1 Å². The molecule has 2 aromatic carbocycles. The number of benzene rings is 2. The van der Waals surface area contributed by atoms with E-state index < -0.39 is 23.8 Å². The third-order valence-electron chi connectivity index (χ3n) is 4.61. The van der Waals surface area contributed by atoms with Gasteiger partial charge >= 0.3 is 5.97 Å². The molecule has 0 fully saturated rings. The number of fused-ring (bicyclic) bond motifs is 1. The molecule has 1 unspecified atom stereocenters. The van der Waals surface area contributed by atoms with Crippen molar-refractivity contribution in [3.63, 3.8) is 0 Å². The highest BCUT2D eigenvalue weighted by Gasteiger charge is 2.40. The van der Waals surface area contributed by atoms with Crippen LogP contribution in [0.3, 0.4) is 0 Å². The number of nitrogens with zero attached hydrogens (tertiary/aromatic N) is 1. The van der Waals surface area contributed by atoms with Crippen molar-refractivity contribution in [3.8, 4) is 0 Å². The quantitative estimate of drug-likeness (QED) is 0.489. The van der Waals surface area contributed by atoms with Gasteiger partial charge in [0, 0.05) is 6.61 Å². The molecule has 1 heterocycles. The van der Waals surface area contributed by atoms with E-state index in [1.54, 1.807) is 0 Å². The molecule has 1 N–H and O–H groups in total. The number of aromatic carboxylic acids is 1. The van der Waals surface area contributed by atoms with E-state index in [2.05, 4.69) is 0 Å². The first-order valence-electron chi connectivity index (χ1n) is 9.47. The predicted octanol–water partition coefficient (Wildman–Crippen LogP) is 2.99. The van der Waals surface area contributed by atoms with Gasteiger partial charge in [0.2, 0.25) is 0 Å². The number of imide groups is 1. The van der Waals surface area contributed by atoms with E-state index in [0.717, 1.165) is 16.9 Å². The summed E-state index contributed by atoms with van der Waals surface area (Å²) in [5.74, 6) is -2.14. The van der Waals surface area contributed by atoms with Gasteiger partial charge in [0.05, 0.1) is 42.6 Å². The van der Waals surface area contributed by atoms with Crippen molar-refractivity contribution in [2.75, 3.05) is 19.8 Å². The Morgan fingerprint density at radius 3 is 2.38 bits per heavy atom. The third-order valence-corrected chi connectivity index (χ3v) is 4.61. The summed E-state index contributed by atoms with van der Waals surface area (Å²) in [4.78, 5) is 38.1. The second-order valence-corrected chi connectivity index (χ2v) is 6.78. The Balaban J connectivity index is 1.76. The zero-order valence-electron chi connectivity index (χ0n) is 16.2. The minimum Gasteiger partial charge on any atom is -0.478 e. The molecular weight excluding hydrogens is 374 g/mol. The molecular formula is C22H23NO6. The zero-order valence-corrected chi connectivity index (χ0v) is 16.2. The SMILES string of the molecule is CCCOCC(COCc1ccccc1)N1C(=O)c2ccc(C(=O)O)cc2C1=O. The first-order chi connectivity index (χ1) is 14.0. The molecule has 1 atom stereocenters. The largest absolute Gasteiger partial charge is 0.478 e. The molecule has 29 heavy (non-hydrogen) atoms. The summed E-state index contributed by atoms with van der Waals surface area (Å²) in [5, 5.41) is 9.16. The van der Waals surface area contributed by atoms with Crippen LogP contribution in [0, 0.1) is 0 Å². The number of amides is 2. The van der Waals surface area contributed by atoms with Gasteiger partial charge in [0.1, 0.15) is 0 Å². The molecule has 0 saturated heterocycles. The van der Waals surface area contributed by atoms with Crippen LogP contribution in [0.4, 0.5) is 0 Å². The molecule has 2 aromatic rings. The molecule has 0 aliphatic carbocycles. The second kappa shape index (κ2) is 9.45. The van der Waals surface area contributed by atoms with Gasteiger partial charge in [-0.3, -0.25) is 14.5 Å². The van der Waals surface area contributed by atoms with E-state index in [4.69, 9.17) is 14.6 Å². The summed E-state index contributed by atoms with van der Waals surface area (Å²) in [6, 6.07) is 12.9. The maximum absolute atomic E-state index is 12.9. The van der Waals surface area contributed by atoms with Crippen LogP contribution in [0.5, 0.6) is 0 Å². The van der Waals surface area contributed by atoms with Gasteiger partial charge < -0.3 is 14.6 Å². The third kappa shape index (κ3) is 4.70. The average Bonchev–Trinajstić information content (AvgIpc) is 2.97. The Morgan fingerprint density at radius 2 is 1.69 bits per heavy atom. The Hall–Kier alpha value is -3.03. The molecule has 1 aliphatic heterocycles. The lowest BCUT2D eigenvalue weighted by Crippen LogP contribution is -2.45. The number of carbonyl (C=O) groups is 3. The first-order valence-corrected chi connectivity index (χ1v) is 9.47. The minimum absolute atomic E-state index is 0.0362. The van der Waals surface area contributed by atoms with Crippen LogP contribution in [-0.2, 0) is 16.1 Å². The van der Waals surface area contributed by atoms with Gasteiger partial charge in [0.25, 0.3) is 11.8 Å². The normalized spacial score (nSPS) is 14.2. The fraction of sp³-hybridized carbons (Fsp3) is 0.318. The molecule has 1 aliphatic rings. The summed E-state index contributed by atoms with van der Waals surface area (Å²) < 4.78 is 11.4. The van der Waals surface area contributed by atoms with E-state index in [1.807, 2.05) is 37.3 Å². The average molecular weight is 397 g/mol. The molecule has 7 nitrogen and oxygen atoms in total. The fourth-order valence-corrected chi connectivity index (χ4v) is 3.17. The van der Waals surface area contributed by atoms with Crippen LogP contribution in [-0.4, -0.2) is 53.7 Å². The van der Waals surface area contributed by atoms with Crippen molar-refractivity contribution in [2.45, 2.75) is 26.0 Å². The molecule has 152 valence electrons. The van der Waals surface area contributed by atoms with Crippen molar-refractivity contribution in [1.29, 1.82) is 0 Å². The molecule has 2 amide bonds. The molecule has 0 spiro atoms. The van der Waals surface area contributed by atoms with Crippen molar-refractivity contribution in [2.24, 2.45) is 0 Å². The van der Waals surface area contributed by atoms with Gasteiger partial charge in [-0.15, -0.1) is 0 Å². The van der Waals surface area contributed by atoms with Crippen molar-refractivity contribution < 1.29 is 29.0 Å². The van der Waals surface area contributed by atoms with Gasteiger partial charge in [-0.25, -0.2) is 4.79 Å². The van der Waals surface area contributed by atoms with Gasteiger partial charge in [0.15, 0.2) is 0 Å². The second-order valence-electron chi connectivity index (χ2n) is 6.78. The first kappa shape index (κ1) is 20.7. The smallest absolute Gasteiger partial charge is 0.335 e. The summed E-state index contributed by atoms with van der Waals surface area (Å²) in [5.41, 5.74) is 1.24. The monoisotopic (exact) mass is 397 g/mol. The highest BCUT2D eigenvalue weighted by atomic mass is 16.5. The summed E-state index contributed by atoms with van der Waals surface area (Å²) in [6.07, 6.45) is 0.807. The molecule has 3 rings (SSSR count). The maximum atomic E-state index is 12.9.